The van der Waals surface area contributed by atoms with E-state index < -0.39 is 10.8 Å². The third-order valence-corrected chi connectivity index (χ3v) is 6.20. The highest BCUT2D eigenvalue weighted by Gasteiger charge is 2.27. The Morgan fingerprint density at radius 2 is 1.75 bits per heavy atom. The molecule has 8 nitrogen and oxygen atoms in total. The van der Waals surface area contributed by atoms with E-state index in [9.17, 15) is 19.7 Å². The third-order valence-electron chi connectivity index (χ3n) is 6.20. The first-order valence-electron chi connectivity index (χ1n) is 11.1. The first kappa shape index (κ1) is 21.8. The molecule has 168 valence electrons. The molecule has 2 aliphatic rings. The number of nitrogens with zero attached hydrogens (tertiary/aromatic N) is 2. The molecule has 2 amide bonds. The predicted octanol–water partition coefficient (Wildman–Crippen LogP) is 4.28. The number of piperidine rings is 1. The van der Waals surface area contributed by atoms with E-state index in [0.717, 1.165) is 44.5 Å². The molecule has 0 unspecified atom stereocenters. The molecule has 4 rings (SSSR count). The molecule has 0 spiro atoms. The lowest BCUT2D eigenvalue weighted by molar-refractivity contribution is -0.385. The van der Waals surface area contributed by atoms with Crippen LogP contribution in [0.2, 0.25) is 0 Å². The summed E-state index contributed by atoms with van der Waals surface area (Å²) >= 11 is 0. The summed E-state index contributed by atoms with van der Waals surface area (Å²) in [5.74, 6) is 0.0801. The second-order valence-electron chi connectivity index (χ2n) is 8.86. The van der Waals surface area contributed by atoms with Gasteiger partial charge in [-0.05, 0) is 62.8 Å². The van der Waals surface area contributed by atoms with Crippen LogP contribution in [0.3, 0.4) is 0 Å². The summed E-state index contributed by atoms with van der Waals surface area (Å²) < 4.78 is 0. The van der Waals surface area contributed by atoms with Gasteiger partial charge in [-0.25, -0.2) is 0 Å². The molecule has 2 fully saturated rings. The van der Waals surface area contributed by atoms with Crippen LogP contribution in [0.1, 0.15) is 58.9 Å². The number of nitro benzene ring substituents is 1. The molecule has 0 atom stereocenters. The minimum Gasteiger partial charge on any atom is -0.371 e. The number of carbonyl (C=O) groups excluding carboxylic acids is 2. The number of nitro groups is 1. The van der Waals surface area contributed by atoms with Gasteiger partial charge in [0.15, 0.2) is 0 Å². The molecule has 1 saturated carbocycles. The number of hydrogen-bond acceptors (Lipinski definition) is 5. The van der Waals surface area contributed by atoms with Crippen molar-refractivity contribution >= 4 is 28.9 Å². The topological polar surface area (TPSA) is 105 Å². The van der Waals surface area contributed by atoms with Crippen molar-refractivity contribution in [3.05, 3.63) is 63.2 Å². The second-order valence-corrected chi connectivity index (χ2v) is 8.86. The van der Waals surface area contributed by atoms with Crippen molar-refractivity contribution in [2.45, 2.75) is 45.6 Å². The zero-order valence-electron chi connectivity index (χ0n) is 18.4. The highest BCUT2D eigenvalue weighted by atomic mass is 16.6. The van der Waals surface area contributed by atoms with E-state index in [1.54, 1.807) is 31.2 Å². The minimum absolute atomic E-state index is 0.100. The van der Waals surface area contributed by atoms with Gasteiger partial charge in [0.1, 0.15) is 0 Å². The van der Waals surface area contributed by atoms with Gasteiger partial charge >= 0.3 is 0 Å². The van der Waals surface area contributed by atoms with Crippen molar-refractivity contribution in [2.75, 3.05) is 23.3 Å². The molecule has 8 heteroatoms. The molecular weight excluding hydrogens is 408 g/mol. The highest BCUT2D eigenvalue weighted by molar-refractivity contribution is 6.06. The van der Waals surface area contributed by atoms with Gasteiger partial charge in [-0.15, -0.1) is 0 Å². The minimum atomic E-state index is -0.499. The normalized spacial score (nSPS) is 16.5. The van der Waals surface area contributed by atoms with Crippen LogP contribution in [0.25, 0.3) is 0 Å². The molecule has 1 saturated heterocycles. The lowest BCUT2D eigenvalue weighted by Crippen LogP contribution is -2.35. The fraction of sp³-hybridized carbons (Fsp3) is 0.417. The van der Waals surface area contributed by atoms with Crippen molar-refractivity contribution in [1.29, 1.82) is 0 Å². The number of nitrogens with one attached hydrogen (secondary N) is 2. The Morgan fingerprint density at radius 1 is 1.03 bits per heavy atom. The van der Waals surface area contributed by atoms with Gasteiger partial charge in [0.25, 0.3) is 17.5 Å². The van der Waals surface area contributed by atoms with Crippen molar-refractivity contribution < 1.29 is 14.5 Å². The Labute approximate surface area is 187 Å². The number of hydrogen-bond donors (Lipinski definition) is 2. The maximum Gasteiger partial charge on any atom is 0.273 e. The summed E-state index contributed by atoms with van der Waals surface area (Å²) in [6.45, 7) is 5.66. The number of amides is 2. The monoisotopic (exact) mass is 436 g/mol. The van der Waals surface area contributed by atoms with Crippen molar-refractivity contribution in [2.24, 2.45) is 5.92 Å². The van der Waals surface area contributed by atoms with Crippen LogP contribution in [-0.2, 0) is 0 Å². The molecule has 0 aromatic heterocycles. The van der Waals surface area contributed by atoms with E-state index in [0.29, 0.717) is 22.7 Å². The fourth-order valence-corrected chi connectivity index (χ4v) is 3.96. The molecule has 2 aromatic carbocycles. The third kappa shape index (κ3) is 4.90. The Bertz CT molecular complexity index is 1060. The van der Waals surface area contributed by atoms with Gasteiger partial charge < -0.3 is 15.5 Å². The Kier molecular flexibility index (Phi) is 6.12. The van der Waals surface area contributed by atoms with Gasteiger partial charge in [0.05, 0.1) is 10.5 Å². The molecule has 0 bridgehead atoms. The molecule has 2 N–H and O–H groups in total. The molecular formula is C24H28N4O4. The van der Waals surface area contributed by atoms with Gasteiger partial charge in [0, 0.05) is 47.7 Å². The van der Waals surface area contributed by atoms with E-state index in [-0.39, 0.29) is 23.2 Å². The van der Waals surface area contributed by atoms with Crippen LogP contribution in [-0.4, -0.2) is 35.9 Å². The lowest BCUT2D eigenvalue weighted by atomic mass is 9.97. The summed E-state index contributed by atoms with van der Waals surface area (Å²) in [6.07, 6.45) is 4.14. The van der Waals surface area contributed by atoms with Crippen LogP contribution < -0.4 is 15.5 Å². The van der Waals surface area contributed by atoms with Crippen LogP contribution >= 0.6 is 0 Å². The first-order chi connectivity index (χ1) is 15.3. The summed E-state index contributed by atoms with van der Waals surface area (Å²) in [7, 11) is 0. The van der Waals surface area contributed by atoms with Gasteiger partial charge in [-0.3, -0.25) is 19.7 Å². The Morgan fingerprint density at radius 3 is 2.41 bits per heavy atom. The second kappa shape index (κ2) is 8.98. The summed E-state index contributed by atoms with van der Waals surface area (Å²) in [6, 6.07) is 9.97. The van der Waals surface area contributed by atoms with E-state index in [2.05, 4.69) is 22.5 Å². The highest BCUT2D eigenvalue weighted by Crippen LogP contribution is 2.30. The molecule has 0 radical (unpaired) electrons. The smallest absolute Gasteiger partial charge is 0.273 e. The van der Waals surface area contributed by atoms with Gasteiger partial charge in [-0.2, -0.15) is 0 Å². The Balaban J connectivity index is 1.58. The number of benzene rings is 2. The van der Waals surface area contributed by atoms with E-state index >= 15 is 0 Å². The maximum absolute atomic E-state index is 13.0. The summed E-state index contributed by atoms with van der Waals surface area (Å²) in [5.41, 5.74) is 2.48. The quantitative estimate of drug-likeness (QED) is 0.519. The number of carbonyl (C=O) groups is 2. The maximum atomic E-state index is 13.0. The van der Waals surface area contributed by atoms with E-state index in [1.807, 2.05) is 6.07 Å². The average molecular weight is 437 g/mol. The van der Waals surface area contributed by atoms with Gasteiger partial charge in [0.2, 0.25) is 0 Å². The molecule has 2 aromatic rings. The van der Waals surface area contributed by atoms with Crippen LogP contribution in [0.4, 0.5) is 17.1 Å². The SMILES string of the molecule is Cc1ccc(C(=O)Nc2ccc(N3CCC(C)CC3)c(C(=O)NC3CC3)c2)cc1[N+](=O)[O-]. The average Bonchev–Trinajstić information content (AvgIpc) is 3.58. The zero-order valence-corrected chi connectivity index (χ0v) is 18.4. The predicted molar refractivity (Wildman–Crippen MR) is 123 cm³/mol. The van der Waals surface area contributed by atoms with Crippen LogP contribution in [0.15, 0.2) is 36.4 Å². The fourth-order valence-electron chi connectivity index (χ4n) is 3.96. The largest absolute Gasteiger partial charge is 0.371 e. The van der Waals surface area contributed by atoms with Crippen LogP contribution in [0.5, 0.6) is 0 Å². The number of anilines is 2. The number of aryl methyl sites for hydroxylation is 1. The first-order valence-corrected chi connectivity index (χ1v) is 11.1. The van der Waals surface area contributed by atoms with Gasteiger partial charge in [-0.1, -0.05) is 13.0 Å². The lowest BCUT2D eigenvalue weighted by Gasteiger charge is -2.33. The van der Waals surface area contributed by atoms with Crippen molar-refractivity contribution in [3.8, 4) is 0 Å². The molecule has 1 aliphatic carbocycles. The van der Waals surface area contributed by atoms with Crippen molar-refractivity contribution in [3.63, 3.8) is 0 Å². The molecule has 1 heterocycles. The van der Waals surface area contributed by atoms with Crippen LogP contribution in [0, 0.1) is 23.0 Å². The number of rotatable bonds is 6. The standard InChI is InChI=1S/C24H28N4O4/c1-15-9-11-27(12-10-15)21-8-7-19(14-20(21)24(30)25-18-5-6-18)26-23(29)17-4-3-16(2)22(13-17)28(31)32/h3-4,7-8,13-15,18H,5-6,9-12H2,1-2H3,(H,25,30)(H,26,29). The summed E-state index contributed by atoms with van der Waals surface area (Å²) in [4.78, 5) is 38.6. The van der Waals surface area contributed by atoms with Crippen molar-refractivity contribution in [1.82, 2.24) is 5.32 Å². The molecule has 1 aliphatic heterocycles. The van der Waals surface area contributed by atoms with E-state index in [1.165, 1.54) is 6.07 Å². The Hall–Kier alpha value is -3.42. The van der Waals surface area contributed by atoms with E-state index in [4.69, 9.17) is 0 Å². The summed E-state index contributed by atoms with van der Waals surface area (Å²) in [5, 5.41) is 17.0. The zero-order chi connectivity index (χ0) is 22.8. The molecule has 32 heavy (non-hydrogen) atoms.